The van der Waals surface area contributed by atoms with Crippen LogP contribution in [0.3, 0.4) is 0 Å². The van der Waals surface area contributed by atoms with Crippen molar-refractivity contribution in [2.75, 3.05) is 39.5 Å². The number of ether oxygens (including phenoxy) is 1. The molecule has 0 bridgehead atoms. The molecule has 0 aromatic rings. The second kappa shape index (κ2) is 26.7. The zero-order valence-corrected chi connectivity index (χ0v) is 24.8. The molecule has 4 N–H and O–H groups in total. The van der Waals surface area contributed by atoms with Crippen LogP contribution in [0.4, 0.5) is 0 Å². The Morgan fingerprint density at radius 2 is 1.13 bits per heavy atom. The standard InChI is InChI=1S/C31H59NO7/c1-31(38,30(37)39-28-25-32(23-26-33)24-27-34)22-20-18-16-14-12-10-8-6-4-2-3-5-7-9-11-13-15-17-19-21-29(35)36/h4,6,33-34,38H,2-3,5,7-28H2,1H3,(H,35,36)/b6-4-. The molecule has 0 aliphatic carbocycles. The van der Waals surface area contributed by atoms with Gasteiger partial charge >= 0.3 is 11.9 Å². The molecule has 0 aliphatic rings. The molecule has 0 amide bonds. The van der Waals surface area contributed by atoms with Crippen LogP contribution in [0.1, 0.15) is 129 Å². The second-order valence-electron chi connectivity index (χ2n) is 10.9. The van der Waals surface area contributed by atoms with E-state index in [1.54, 1.807) is 4.90 Å². The zero-order valence-electron chi connectivity index (χ0n) is 24.8. The Morgan fingerprint density at radius 1 is 0.692 bits per heavy atom. The fraction of sp³-hybridized carbons (Fsp3) is 0.871. The maximum absolute atomic E-state index is 12.2. The van der Waals surface area contributed by atoms with Gasteiger partial charge in [0.1, 0.15) is 6.61 Å². The van der Waals surface area contributed by atoms with E-state index in [2.05, 4.69) is 12.2 Å². The van der Waals surface area contributed by atoms with E-state index in [0.29, 0.717) is 32.5 Å². The van der Waals surface area contributed by atoms with Gasteiger partial charge in [-0.1, -0.05) is 82.8 Å². The highest BCUT2D eigenvalue weighted by molar-refractivity contribution is 5.78. The molecule has 1 atom stereocenters. The highest BCUT2D eigenvalue weighted by Gasteiger charge is 2.31. The summed E-state index contributed by atoms with van der Waals surface area (Å²) in [6.07, 6.45) is 24.8. The Bertz CT molecular complexity index is 604. The van der Waals surface area contributed by atoms with Crippen molar-refractivity contribution in [1.82, 2.24) is 4.90 Å². The third-order valence-corrected chi connectivity index (χ3v) is 7.13. The zero-order chi connectivity index (χ0) is 29.0. The summed E-state index contributed by atoms with van der Waals surface area (Å²) in [6, 6.07) is 0. The first kappa shape index (κ1) is 37.5. The topological polar surface area (TPSA) is 128 Å². The maximum atomic E-state index is 12.2. The van der Waals surface area contributed by atoms with Gasteiger partial charge in [-0.2, -0.15) is 0 Å². The predicted octanol–water partition coefficient (Wildman–Crippen LogP) is 5.62. The van der Waals surface area contributed by atoms with Crippen molar-refractivity contribution in [3.8, 4) is 0 Å². The largest absolute Gasteiger partial charge is 0.481 e. The van der Waals surface area contributed by atoms with Crippen molar-refractivity contribution in [2.24, 2.45) is 0 Å². The molecule has 0 aromatic carbocycles. The number of aliphatic carboxylic acids is 1. The lowest BCUT2D eigenvalue weighted by Crippen LogP contribution is -2.39. The first-order valence-corrected chi connectivity index (χ1v) is 15.5. The highest BCUT2D eigenvalue weighted by Crippen LogP contribution is 2.18. The minimum Gasteiger partial charge on any atom is -0.481 e. The first-order chi connectivity index (χ1) is 18.8. The normalized spacial score (nSPS) is 13.3. The second-order valence-corrected chi connectivity index (χ2v) is 10.9. The smallest absolute Gasteiger partial charge is 0.337 e. The molecule has 0 fully saturated rings. The lowest BCUT2D eigenvalue weighted by molar-refractivity contribution is -0.164. The summed E-state index contributed by atoms with van der Waals surface area (Å²) in [5.74, 6) is -1.29. The Hall–Kier alpha value is -1.48. The molecule has 0 saturated heterocycles. The van der Waals surface area contributed by atoms with Crippen LogP contribution in [0.25, 0.3) is 0 Å². The van der Waals surface area contributed by atoms with E-state index in [4.69, 9.17) is 20.1 Å². The number of unbranched alkanes of at least 4 members (excludes halogenated alkanes) is 15. The van der Waals surface area contributed by atoms with Gasteiger partial charge in [-0.25, -0.2) is 4.79 Å². The van der Waals surface area contributed by atoms with E-state index in [-0.39, 0.29) is 19.8 Å². The number of carbonyl (C=O) groups excluding carboxylic acids is 1. The Balaban J connectivity index is 3.53. The number of hydrogen-bond donors (Lipinski definition) is 4. The summed E-state index contributed by atoms with van der Waals surface area (Å²) in [5, 5.41) is 37.1. The number of carbonyl (C=O) groups is 2. The molecule has 0 aliphatic heterocycles. The lowest BCUT2D eigenvalue weighted by atomic mass is 9.97. The number of hydrogen-bond acceptors (Lipinski definition) is 7. The van der Waals surface area contributed by atoms with Crippen molar-refractivity contribution in [3.05, 3.63) is 12.2 Å². The lowest BCUT2D eigenvalue weighted by Gasteiger charge is -2.23. The third kappa shape index (κ3) is 25.2. The average Bonchev–Trinajstić information content (AvgIpc) is 2.89. The number of aliphatic hydroxyl groups is 3. The van der Waals surface area contributed by atoms with Crippen LogP contribution in [0.15, 0.2) is 12.2 Å². The van der Waals surface area contributed by atoms with Crippen molar-refractivity contribution >= 4 is 11.9 Å². The van der Waals surface area contributed by atoms with E-state index < -0.39 is 17.5 Å². The van der Waals surface area contributed by atoms with E-state index in [1.807, 2.05) is 0 Å². The van der Waals surface area contributed by atoms with Crippen LogP contribution >= 0.6 is 0 Å². The van der Waals surface area contributed by atoms with Gasteiger partial charge in [0, 0.05) is 26.1 Å². The fourth-order valence-electron chi connectivity index (χ4n) is 4.59. The summed E-state index contributed by atoms with van der Waals surface area (Å²) >= 11 is 0. The average molecular weight is 558 g/mol. The molecule has 0 heterocycles. The minimum absolute atomic E-state index is 0.0221. The van der Waals surface area contributed by atoms with E-state index in [1.165, 1.54) is 71.1 Å². The summed E-state index contributed by atoms with van der Waals surface area (Å²) in [7, 11) is 0. The van der Waals surface area contributed by atoms with Crippen molar-refractivity contribution in [3.63, 3.8) is 0 Å². The number of rotatable bonds is 29. The van der Waals surface area contributed by atoms with Gasteiger partial charge in [0.25, 0.3) is 0 Å². The summed E-state index contributed by atoms with van der Waals surface area (Å²) in [5.41, 5.74) is -1.48. The first-order valence-electron chi connectivity index (χ1n) is 15.5. The van der Waals surface area contributed by atoms with E-state index >= 15 is 0 Å². The van der Waals surface area contributed by atoms with Gasteiger partial charge < -0.3 is 25.2 Å². The fourth-order valence-corrected chi connectivity index (χ4v) is 4.59. The van der Waals surface area contributed by atoms with Crippen molar-refractivity contribution < 1.29 is 34.8 Å². The monoisotopic (exact) mass is 557 g/mol. The summed E-state index contributed by atoms with van der Waals surface area (Å²) < 4.78 is 5.22. The van der Waals surface area contributed by atoms with Crippen LogP contribution in [-0.4, -0.2) is 82.3 Å². The van der Waals surface area contributed by atoms with Gasteiger partial charge in [0.05, 0.1) is 13.2 Å². The van der Waals surface area contributed by atoms with Gasteiger partial charge in [-0.05, 0) is 51.9 Å². The number of carboxylic acids is 1. The molecule has 230 valence electrons. The molecule has 1 unspecified atom stereocenters. The van der Waals surface area contributed by atoms with Crippen LogP contribution < -0.4 is 0 Å². The molecule has 0 saturated carbocycles. The van der Waals surface area contributed by atoms with Gasteiger partial charge in [-0.3, -0.25) is 9.69 Å². The third-order valence-electron chi connectivity index (χ3n) is 7.13. The molecule has 39 heavy (non-hydrogen) atoms. The van der Waals surface area contributed by atoms with Crippen LogP contribution in [-0.2, 0) is 14.3 Å². The van der Waals surface area contributed by atoms with Gasteiger partial charge in [0.2, 0.25) is 0 Å². The van der Waals surface area contributed by atoms with Gasteiger partial charge in [0.15, 0.2) is 5.60 Å². The van der Waals surface area contributed by atoms with E-state index in [0.717, 1.165) is 44.9 Å². The minimum atomic E-state index is -1.48. The number of allylic oxidation sites excluding steroid dienone is 2. The molecule has 0 rings (SSSR count). The van der Waals surface area contributed by atoms with Crippen molar-refractivity contribution in [1.29, 1.82) is 0 Å². The molecule has 8 nitrogen and oxygen atoms in total. The quantitative estimate of drug-likeness (QED) is 0.0530. The Morgan fingerprint density at radius 3 is 1.59 bits per heavy atom. The molecular formula is C31H59NO7. The Kier molecular flexibility index (Phi) is 25.7. The molecule has 0 spiro atoms. The summed E-state index contributed by atoms with van der Waals surface area (Å²) in [4.78, 5) is 24.5. The Labute approximate surface area is 237 Å². The van der Waals surface area contributed by atoms with Gasteiger partial charge in [-0.15, -0.1) is 0 Å². The van der Waals surface area contributed by atoms with Crippen LogP contribution in [0, 0.1) is 0 Å². The molecule has 0 radical (unpaired) electrons. The number of esters is 1. The van der Waals surface area contributed by atoms with E-state index in [9.17, 15) is 14.7 Å². The SMILES string of the molecule is CC(O)(CCCCCCCC/C=C\CCCCCCCCCCCC(=O)O)C(=O)OCCN(CCO)CCO. The molecule has 0 aromatic heterocycles. The summed E-state index contributed by atoms with van der Waals surface area (Å²) in [6.45, 7) is 2.83. The predicted molar refractivity (Wildman–Crippen MR) is 157 cm³/mol. The number of aliphatic hydroxyl groups excluding tert-OH is 2. The molecular weight excluding hydrogens is 498 g/mol. The number of nitrogens with zero attached hydrogens (tertiary/aromatic N) is 1. The molecule has 8 heteroatoms. The van der Waals surface area contributed by atoms with Crippen LogP contribution in [0.2, 0.25) is 0 Å². The number of carboxylic acid groups (broad SMARTS) is 1. The van der Waals surface area contributed by atoms with Crippen molar-refractivity contribution in [2.45, 2.75) is 135 Å². The highest BCUT2D eigenvalue weighted by atomic mass is 16.5. The van der Waals surface area contributed by atoms with Crippen LogP contribution in [0.5, 0.6) is 0 Å². The maximum Gasteiger partial charge on any atom is 0.337 e.